The van der Waals surface area contributed by atoms with Gasteiger partial charge in [-0.15, -0.1) is 0 Å². The molecule has 0 aliphatic carbocycles. The Morgan fingerprint density at radius 1 is 1.36 bits per heavy atom. The molecule has 74 valence electrons. The fraction of sp³-hybridized carbons (Fsp3) is 0.455. The van der Waals surface area contributed by atoms with E-state index in [1.54, 1.807) is 0 Å². The molecule has 2 aliphatic rings. The summed E-state index contributed by atoms with van der Waals surface area (Å²) in [7, 11) is 0. The molecule has 0 spiro atoms. The van der Waals surface area contributed by atoms with Crippen molar-refractivity contribution in [2.24, 2.45) is 0 Å². The van der Waals surface area contributed by atoms with Gasteiger partial charge in [-0.2, -0.15) is 0 Å². The molecular weight excluding hydrogens is 242 g/mol. The maximum atomic E-state index is 5.24. The predicted octanol–water partition coefficient (Wildman–Crippen LogP) is 2.21. The van der Waals surface area contributed by atoms with Gasteiger partial charge in [-0.25, -0.2) is 0 Å². The fourth-order valence-electron chi connectivity index (χ4n) is 2.20. The molecule has 0 amide bonds. The monoisotopic (exact) mass is 253 g/mol. The van der Waals surface area contributed by atoms with E-state index in [1.165, 1.54) is 15.7 Å². The number of hydrogen-bond donors (Lipinski definition) is 0. The van der Waals surface area contributed by atoms with Gasteiger partial charge in [0.2, 0.25) is 0 Å². The molecule has 2 nitrogen and oxygen atoms in total. The Kier molecular flexibility index (Phi) is 2.03. The van der Waals surface area contributed by atoms with E-state index >= 15 is 0 Å². The number of nitrogens with zero attached hydrogens (tertiary/aromatic N) is 1. The Morgan fingerprint density at radius 3 is 2.93 bits per heavy atom. The molecule has 1 aromatic carbocycles. The minimum atomic E-state index is 0.616. The Bertz CT molecular complexity index is 362. The first-order valence-electron chi connectivity index (χ1n) is 4.98. The van der Waals surface area contributed by atoms with E-state index in [9.17, 15) is 0 Å². The van der Waals surface area contributed by atoms with E-state index in [0.29, 0.717) is 6.04 Å². The molecule has 1 saturated heterocycles. The third-order valence-electron chi connectivity index (χ3n) is 3.07. The van der Waals surface area contributed by atoms with Gasteiger partial charge in [-0.05, 0) is 24.1 Å². The van der Waals surface area contributed by atoms with Crippen LogP contribution in [0, 0.1) is 0 Å². The molecule has 1 aromatic rings. The van der Waals surface area contributed by atoms with Crippen LogP contribution in [0.5, 0.6) is 0 Å². The summed E-state index contributed by atoms with van der Waals surface area (Å²) in [5.74, 6) is 0. The van der Waals surface area contributed by atoms with Crippen molar-refractivity contribution in [3.8, 4) is 0 Å². The number of anilines is 1. The van der Waals surface area contributed by atoms with E-state index in [0.717, 1.165) is 26.2 Å². The van der Waals surface area contributed by atoms with Crippen LogP contribution in [0.4, 0.5) is 5.69 Å². The molecule has 14 heavy (non-hydrogen) atoms. The molecule has 0 aromatic heterocycles. The van der Waals surface area contributed by atoms with Gasteiger partial charge in [0.05, 0.1) is 19.3 Å². The van der Waals surface area contributed by atoms with Crippen molar-refractivity contribution in [3.05, 3.63) is 28.2 Å². The highest BCUT2D eigenvalue weighted by atomic mass is 79.9. The summed E-state index contributed by atoms with van der Waals surface area (Å²) in [6, 6.07) is 7.07. The van der Waals surface area contributed by atoms with Crippen molar-refractivity contribution in [1.82, 2.24) is 0 Å². The number of benzene rings is 1. The lowest BCUT2D eigenvalue weighted by atomic mass is 10.1. The van der Waals surface area contributed by atoms with Gasteiger partial charge >= 0.3 is 0 Å². The van der Waals surface area contributed by atoms with Crippen molar-refractivity contribution in [1.29, 1.82) is 0 Å². The van der Waals surface area contributed by atoms with E-state index in [4.69, 9.17) is 4.74 Å². The second-order valence-corrected chi connectivity index (χ2v) is 4.73. The molecule has 0 unspecified atom stereocenters. The lowest BCUT2D eigenvalue weighted by Gasteiger charge is -2.36. The van der Waals surface area contributed by atoms with E-state index in [-0.39, 0.29) is 0 Å². The zero-order chi connectivity index (χ0) is 9.54. The normalized spacial score (nSPS) is 20.8. The quantitative estimate of drug-likeness (QED) is 0.761. The standard InChI is InChI=1S/C11H12BrNO/c12-10-2-1-3-11-9(10)4-5-13(11)8-6-14-7-8/h1-3,8H,4-7H2. The van der Waals surface area contributed by atoms with Gasteiger partial charge in [0.15, 0.2) is 0 Å². The Morgan fingerprint density at radius 2 is 2.21 bits per heavy atom. The van der Waals surface area contributed by atoms with Gasteiger partial charge in [-0.1, -0.05) is 22.0 Å². The van der Waals surface area contributed by atoms with Crippen molar-refractivity contribution >= 4 is 21.6 Å². The van der Waals surface area contributed by atoms with Gasteiger partial charge in [-0.3, -0.25) is 0 Å². The van der Waals surface area contributed by atoms with Gasteiger partial charge < -0.3 is 9.64 Å². The van der Waals surface area contributed by atoms with Crippen LogP contribution >= 0.6 is 15.9 Å². The van der Waals surface area contributed by atoms with Crippen molar-refractivity contribution in [2.45, 2.75) is 12.5 Å². The van der Waals surface area contributed by atoms with Gasteiger partial charge in [0, 0.05) is 16.7 Å². The smallest absolute Gasteiger partial charge is 0.0757 e. The van der Waals surface area contributed by atoms with Gasteiger partial charge in [0.25, 0.3) is 0 Å². The molecule has 0 radical (unpaired) electrons. The number of halogens is 1. The summed E-state index contributed by atoms with van der Waals surface area (Å²) in [4.78, 5) is 2.48. The van der Waals surface area contributed by atoms with Crippen LogP contribution in [-0.2, 0) is 11.2 Å². The third kappa shape index (κ3) is 1.19. The fourth-order valence-corrected chi connectivity index (χ4v) is 2.75. The Hall–Kier alpha value is -0.540. The molecule has 0 N–H and O–H groups in total. The van der Waals surface area contributed by atoms with E-state index in [2.05, 4.69) is 39.0 Å². The minimum Gasteiger partial charge on any atom is -0.377 e. The first-order valence-corrected chi connectivity index (χ1v) is 5.77. The zero-order valence-corrected chi connectivity index (χ0v) is 9.46. The molecule has 0 bridgehead atoms. The molecule has 2 aliphatic heterocycles. The van der Waals surface area contributed by atoms with Crippen LogP contribution < -0.4 is 4.90 Å². The number of hydrogen-bond acceptors (Lipinski definition) is 2. The summed E-state index contributed by atoms with van der Waals surface area (Å²) in [5, 5.41) is 0. The van der Waals surface area contributed by atoms with Crippen LogP contribution in [0.2, 0.25) is 0 Å². The van der Waals surface area contributed by atoms with Crippen LogP contribution in [-0.4, -0.2) is 25.8 Å². The van der Waals surface area contributed by atoms with Crippen molar-refractivity contribution in [2.75, 3.05) is 24.7 Å². The lowest BCUT2D eigenvalue weighted by Crippen LogP contribution is -2.48. The van der Waals surface area contributed by atoms with Gasteiger partial charge in [0.1, 0.15) is 0 Å². The highest BCUT2D eigenvalue weighted by molar-refractivity contribution is 9.10. The summed E-state index contributed by atoms with van der Waals surface area (Å²) in [6.07, 6.45) is 1.16. The summed E-state index contributed by atoms with van der Waals surface area (Å²) >= 11 is 3.61. The largest absolute Gasteiger partial charge is 0.377 e. The van der Waals surface area contributed by atoms with E-state index < -0.39 is 0 Å². The minimum absolute atomic E-state index is 0.616. The highest BCUT2D eigenvalue weighted by Gasteiger charge is 2.31. The molecular formula is C11H12BrNO. The van der Waals surface area contributed by atoms with Crippen LogP contribution in [0.3, 0.4) is 0 Å². The summed E-state index contributed by atoms with van der Waals surface area (Å²) in [5.41, 5.74) is 2.85. The molecule has 0 saturated carbocycles. The Balaban J connectivity index is 1.97. The SMILES string of the molecule is Brc1cccc2c1CCN2C1COC1. The first-order chi connectivity index (χ1) is 6.86. The van der Waals surface area contributed by atoms with Crippen LogP contribution in [0.25, 0.3) is 0 Å². The average Bonchev–Trinajstić information content (AvgIpc) is 2.48. The Labute approximate surface area is 92.0 Å². The first kappa shape index (κ1) is 8.74. The third-order valence-corrected chi connectivity index (χ3v) is 3.81. The topological polar surface area (TPSA) is 12.5 Å². The van der Waals surface area contributed by atoms with Crippen molar-refractivity contribution in [3.63, 3.8) is 0 Å². The molecule has 2 heterocycles. The maximum Gasteiger partial charge on any atom is 0.0757 e. The van der Waals surface area contributed by atoms with E-state index in [1.807, 2.05) is 0 Å². The highest BCUT2D eigenvalue weighted by Crippen LogP contribution is 2.35. The number of ether oxygens (including phenoxy) is 1. The molecule has 1 fully saturated rings. The molecule has 3 heteroatoms. The summed E-state index contributed by atoms with van der Waals surface area (Å²) < 4.78 is 6.49. The summed E-state index contributed by atoms with van der Waals surface area (Å²) in [6.45, 7) is 2.93. The molecule has 3 rings (SSSR count). The second kappa shape index (κ2) is 3.24. The van der Waals surface area contributed by atoms with Crippen LogP contribution in [0.1, 0.15) is 5.56 Å². The second-order valence-electron chi connectivity index (χ2n) is 3.87. The lowest BCUT2D eigenvalue weighted by molar-refractivity contribution is 0.00887. The average molecular weight is 254 g/mol. The number of rotatable bonds is 1. The molecule has 0 atom stereocenters. The predicted molar refractivity (Wildman–Crippen MR) is 59.8 cm³/mol. The maximum absolute atomic E-state index is 5.24. The van der Waals surface area contributed by atoms with Crippen LogP contribution in [0.15, 0.2) is 22.7 Å². The zero-order valence-electron chi connectivity index (χ0n) is 7.87. The number of fused-ring (bicyclic) bond motifs is 1. The van der Waals surface area contributed by atoms with Crippen molar-refractivity contribution < 1.29 is 4.74 Å².